The molecule has 2 fully saturated rings. The molecule has 0 aromatic carbocycles. The van der Waals surface area contributed by atoms with Crippen LogP contribution >= 0.6 is 0 Å². The Bertz CT molecular complexity index is 257. The van der Waals surface area contributed by atoms with E-state index in [1.54, 1.807) is 0 Å². The van der Waals surface area contributed by atoms with Crippen LogP contribution in [0.1, 0.15) is 26.2 Å². The number of likely N-dealkylation sites (N-methyl/N-ethyl adjacent to an activating group) is 1. The zero-order chi connectivity index (χ0) is 11.5. The van der Waals surface area contributed by atoms with Gasteiger partial charge in [0.25, 0.3) is 0 Å². The Hall–Kier alpha value is -0.610. The summed E-state index contributed by atoms with van der Waals surface area (Å²) in [6, 6.07) is 1.02. The van der Waals surface area contributed by atoms with Crippen LogP contribution in [0, 0.1) is 0 Å². The predicted molar refractivity (Wildman–Crippen MR) is 64.3 cm³/mol. The average molecular weight is 225 g/mol. The maximum atomic E-state index is 11.5. The largest absolute Gasteiger partial charge is 0.341 e. The summed E-state index contributed by atoms with van der Waals surface area (Å²) in [7, 11) is 2.16. The van der Waals surface area contributed by atoms with E-state index in [2.05, 4.69) is 24.2 Å². The van der Waals surface area contributed by atoms with Crippen LogP contribution in [0.15, 0.2) is 0 Å². The number of hydrogen-bond acceptors (Lipinski definition) is 3. The van der Waals surface area contributed by atoms with E-state index in [1.165, 1.54) is 13.0 Å². The summed E-state index contributed by atoms with van der Waals surface area (Å²) in [6.45, 7) is 6.34. The Morgan fingerprint density at radius 2 is 2.31 bits per heavy atom. The van der Waals surface area contributed by atoms with Crippen molar-refractivity contribution in [3.05, 3.63) is 0 Å². The Kier molecular flexibility index (Phi) is 3.82. The maximum absolute atomic E-state index is 11.5. The summed E-state index contributed by atoms with van der Waals surface area (Å²) in [6.07, 6.45) is 3.02. The maximum Gasteiger partial charge on any atom is 0.222 e. The van der Waals surface area contributed by atoms with Crippen molar-refractivity contribution in [1.82, 2.24) is 15.1 Å². The molecular formula is C12H23N3O. The van der Waals surface area contributed by atoms with Gasteiger partial charge in [-0.1, -0.05) is 0 Å². The number of carbonyl (C=O) groups excluding carboxylic acids is 1. The third-order valence-electron chi connectivity index (χ3n) is 3.58. The van der Waals surface area contributed by atoms with Gasteiger partial charge in [-0.3, -0.25) is 4.79 Å². The lowest BCUT2D eigenvalue weighted by Gasteiger charge is -2.24. The fraction of sp³-hybridized carbons (Fsp3) is 0.917. The highest BCUT2D eigenvalue weighted by atomic mass is 16.2. The molecule has 2 unspecified atom stereocenters. The molecule has 2 aliphatic rings. The first kappa shape index (κ1) is 11.9. The molecule has 2 saturated heterocycles. The molecule has 2 aliphatic heterocycles. The van der Waals surface area contributed by atoms with E-state index in [4.69, 9.17) is 0 Å². The quantitative estimate of drug-likeness (QED) is 0.747. The van der Waals surface area contributed by atoms with Gasteiger partial charge >= 0.3 is 0 Å². The first-order valence-corrected chi connectivity index (χ1v) is 6.37. The van der Waals surface area contributed by atoms with Crippen LogP contribution in [-0.2, 0) is 4.79 Å². The van der Waals surface area contributed by atoms with Crippen molar-refractivity contribution in [3.63, 3.8) is 0 Å². The van der Waals surface area contributed by atoms with Gasteiger partial charge in [-0.2, -0.15) is 0 Å². The lowest BCUT2D eigenvalue weighted by molar-refractivity contribution is -0.127. The number of nitrogens with zero attached hydrogens (tertiary/aromatic N) is 2. The van der Waals surface area contributed by atoms with E-state index in [1.807, 2.05) is 4.90 Å². The van der Waals surface area contributed by atoms with Crippen molar-refractivity contribution in [2.45, 2.75) is 38.3 Å². The molecule has 4 nitrogen and oxygen atoms in total. The second kappa shape index (κ2) is 5.15. The molecule has 2 heterocycles. The zero-order valence-corrected chi connectivity index (χ0v) is 10.4. The van der Waals surface area contributed by atoms with Crippen LogP contribution in [0.4, 0.5) is 0 Å². The van der Waals surface area contributed by atoms with Crippen molar-refractivity contribution in [2.24, 2.45) is 0 Å². The van der Waals surface area contributed by atoms with Gasteiger partial charge in [0.2, 0.25) is 5.91 Å². The number of amides is 1. The summed E-state index contributed by atoms with van der Waals surface area (Å²) in [5, 5.41) is 3.62. The normalized spacial score (nSPS) is 29.0. The van der Waals surface area contributed by atoms with Crippen LogP contribution < -0.4 is 5.32 Å². The molecule has 92 valence electrons. The second-order valence-electron chi connectivity index (χ2n) is 5.26. The van der Waals surface area contributed by atoms with Gasteiger partial charge in [0.15, 0.2) is 0 Å². The minimum Gasteiger partial charge on any atom is -0.341 e. The van der Waals surface area contributed by atoms with E-state index in [-0.39, 0.29) is 0 Å². The Morgan fingerprint density at radius 3 is 2.88 bits per heavy atom. The fourth-order valence-electron chi connectivity index (χ4n) is 2.75. The third-order valence-corrected chi connectivity index (χ3v) is 3.58. The monoisotopic (exact) mass is 225 g/mol. The van der Waals surface area contributed by atoms with E-state index in [0.717, 1.165) is 32.5 Å². The van der Waals surface area contributed by atoms with Crippen molar-refractivity contribution in [3.8, 4) is 0 Å². The summed E-state index contributed by atoms with van der Waals surface area (Å²) < 4.78 is 0. The molecule has 2 rings (SSSR count). The van der Waals surface area contributed by atoms with E-state index in [9.17, 15) is 4.79 Å². The lowest BCUT2D eigenvalue weighted by Crippen LogP contribution is -2.45. The fourth-order valence-corrected chi connectivity index (χ4v) is 2.75. The van der Waals surface area contributed by atoms with E-state index in [0.29, 0.717) is 18.0 Å². The zero-order valence-electron chi connectivity index (χ0n) is 10.4. The molecular weight excluding hydrogens is 202 g/mol. The molecule has 0 aliphatic carbocycles. The number of likely N-dealkylation sites (tertiary alicyclic amines) is 2. The summed E-state index contributed by atoms with van der Waals surface area (Å²) >= 11 is 0. The predicted octanol–water partition coefficient (Wildman–Crippen LogP) is 0.291. The Balaban J connectivity index is 1.71. The third kappa shape index (κ3) is 2.95. The van der Waals surface area contributed by atoms with Crippen molar-refractivity contribution >= 4 is 5.91 Å². The molecule has 0 spiro atoms. The van der Waals surface area contributed by atoms with Gasteiger partial charge in [0, 0.05) is 38.1 Å². The highest BCUT2D eigenvalue weighted by molar-refractivity contribution is 5.78. The molecule has 1 N–H and O–H groups in total. The number of carbonyl (C=O) groups is 1. The van der Waals surface area contributed by atoms with Gasteiger partial charge < -0.3 is 15.1 Å². The minimum atomic E-state index is 0.331. The van der Waals surface area contributed by atoms with Gasteiger partial charge in [-0.05, 0) is 33.4 Å². The molecule has 2 atom stereocenters. The number of nitrogens with one attached hydrogen (secondary N) is 1. The smallest absolute Gasteiger partial charge is 0.222 e. The van der Waals surface area contributed by atoms with Crippen molar-refractivity contribution in [1.29, 1.82) is 0 Å². The summed E-state index contributed by atoms with van der Waals surface area (Å²) in [5.41, 5.74) is 0. The van der Waals surface area contributed by atoms with Crippen LogP contribution in [0.2, 0.25) is 0 Å². The lowest BCUT2D eigenvalue weighted by atomic mass is 10.2. The molecule has 0 aromatic rings. The van der Waals surface area contributed by atoms with Gasteiger partial charge in [0.05, 0.1) is 0 Å². The summed E-state index contributed by atoms with van der Waals surface area (Å²) in [5.74, 6) is 0.331. The molecule has 1 amide bonds. The van der Waals surface area contributed by atoms with Crippen LogP contribution in [0.5, 0.6) is 0 Å². The molecule has 4 heteroatoms. The SMILES string of the molecule is CC(CN1CCCC1=O)NC1CCN(C)C1. The van der Waals surface area contributed by atoms with Gasteiger partial charge in [-0.25, -0.2) is 0 Å². The molecule has 0 radical (unpaired) electrons. The van der Waals surface area contributed by atoms with Gasteiger partial charge in [0.1, 0.15) is 0 Å². The standard InChI is InChI=1S/C12H23N3O/c1-10(8-15-6-3-4-12(15)16)13-11-5-7-14(2)9-11/h10-11,13H,3-9H2,1-2H3. The number of rotatable bonds is 4. The average Bonchev–Trinajstić information content (AvgIpc) is 2.77. The van der Waals surface area contributed by atoms with E-state index >= 15 is 0 Å². The Labute approximate surface area is 98.0 Å². The first-order valence-electron chi connectivity index (χ1n) is 6.37. The molecule has 16 heavy (non-hydrogen) atoms. The molecule has 0 bridgehead atoms. The summed E-state index contributed by atoms with van der Waals surface area (Å²) in [4.78, 5) is 15.8. The van der Waals surface area contributed by atoms with Gasteiger partial charge in [-0.15, -0.1) is 0 Å². The van der Waals surface area contributed by atoms with Crippen LogP contribution in [0.25, 0.3) is 0 Å². The Morgan fingerprint density at radius 1 is 1.50 bits per heavy atom. The van der Waals surface area contributed by atoms with Crippen LogP contribution in [-0.4, -0.2) is 61.0 Å². The topological polar surface area (TPSA) is 35.6 Å². The highest BCUT2D eigenvalue weighted by Crippen LogP contribution is 2.11. The minimum absolute atomic E-state index is 0.331. The van der Waals surface area contributed by atoms with E-state index < -0.39 is 0 Å². The molecule has 0 saturated carbocycles. The van der Waals surface area contributed by atoms with Crippen LogP contribution in [0.3, 0.4) is 0 Å². The van der Waals surface area contributed by atoms with Crippen molar-refractivity contribution in [2.75, 3.05) is 33.2 Å². The second-order valence-corrected chi connectivity index (χ2v) is 5.26. The highest BCUT2D eigenvalue weighted by Gasteiger charge is 2.24. The van der Waals surface area contributed by atoms with Crippen molar-refractivity contribution < 1.29 is 4.79 Å². The first-order chi connectivity index (χ1) is 7.65. The number of hydrogen-bond donors (Lipinski definition) is 1. The molecule has 0 aromatic heterocycles.